The Balaban J connectivity index is 1.67. The van der Waals surface area contributed by atoms with E-state index in [2.05, 4.69) is 10.2 Å². The van der Waals surface area contributed by atoms with Crippen LogP contribution in [0.25, 0.3) is 0 Å². The maximum absolute atomic E-state index is 12.7. The van der Waals surface area contributed by atoms with Crippen molar-refractivity contribution in [3.05, 3.63) is 28.8 Å². The van der Waals surface area contributed by atoms with Gasteiger partial charge in [0.05, 0.1) is 32.5 Å². The summed E-state index contributed by atoms with van der Waals surface area (Å²) in [6, 6.07) is 5.31. The summed E-state index contributed by atoms with van der Waals surface area (Å²) in [5, 5.41) is 3.57. The van der Waals surface area contributed by atoms with Gasteiger partial charge in [-0.25, -0.2) is 0 Å². The van der Waals surface area contributed by atoms with Crippen molar-refractivity contribution in [3.8, 4) is 5.75 Å². The number of rotatable bonds is 6. The number of nitrogens with zero attached hydrogens (tertiary/aromatic N) is 1. The van der Waals surface area contributed by atoms with Crippen LogP contribution in [0.3, 0.4) is 0 Å². The van der Waals surface area contributed by atoms with E-state index < -0.39 is 0 Å². The molecule has 0 bridgehead atoms. The Bertz CT molecular complexity index is 586. The Labute approximate surface area is 153 Å². The maximum atomic E-state index is 12.7. The third-order valence-electron chi connectivity index (χ3n) is 4.90. The lowest BCUT2D eigenvalue weighted by Crippen LogP contribution is -2.52. The van der Waals surface area contributed by atoms with E-state index in [1.54, 1.807) is 25.3 Å². The number of halogens is 1. The molecule has 0 saturated carbocycles. The number of hydrogen-bond acceptors (Lipinski definition) is 5. The summed E-state index contributed by atoms with van der Waals surface area (Å²) < 4.78 is 16.3. The molecule has 0 radical (unpaired) electrons. The number of nitrogens with one attached hydrogen (secondary N) is 1. The molecule has 6 nitrogen and oxygen atoms in total. The van der Waals surface area contributed by atoms with Gasteiger partial charge in [-0.2, -0.15) is 0 Å². The molecule has 25 heavy (non-hydrogen) atoms. The number of morpholine rings is 1. The molecule has 138 valence electrons. The van der Waals surface area contributed by atoms with E-state index in [0.717, 1.165) is 45.9 Å². The van der Waals surface area contributed by atoms with E-state index in [-0.39, 0.29) is 11.9 Å². The summed E-state index contributed by atoms with van der Waals surface area (Å²) >= 11 is 6.03. The van der Waals surface area contributed by atoms with Gasteiger partial charge in [-0.3, -0.25) is 9.69 Å². The quantitative estimate of drug-likeness (QED) is 0.830. The van der Waals surface area contributed by atoms with Crippen molar-refractivity contribution in [2.75, 3.05) is 53.2 Å². The summed E-state index contributed by atoms with van der Waals surface area (Å²) in [4.78, 5) is 15.1. The van der Waals surface area contributed by atoms with E-state index in [9.17, 15) is 4.79 Å². The predicted molar refractivity (Wildman–Crippen MR) is 95.4 cm³/mol. The van der Waals surface area contributed by atoms with E-state index >= 15 is 0 Å². The number of carbonyl (C=O) groups excluding carboxylic acids is 1. The molecule has 1 amide bonds. The molecule has 0 aromatic heterocycles. The van der Waals surface area contributed by atoms with Crippen molar-refractivity contribution in [1.29, 1.82) is 0 Å². The Morgan fingerprint density at radius 3 is 2.84 bits per heavy atom. The highest BCUT2D eigenvalue weighted by Gasteiger charge is 2.32. The molecule has 2 atom stereocenters. The van der Waals surface area contributed by atoms with Gasteiger partial charge < -0.3 is 19.5 Å². The Hall–Kier alpha value is -1.34. The molecule has 2 unspecified atom stereocenters. The van der Waals surface area contributed by atoms with Gasteiger partial charge in [-0.1, -0.05) is 11.6 Å². The first-order valence-electron chi connectivity index (χ1n) is 8.70. The van der Waals surface area contributed by atoms with Crippen LogP contribution in [0, 0.1) is 5.92 Å². The molecule has 0 aliphatic carbocycles. The molecule has 2 aliphatic heterocycles. The molecule has 3 rings (SSSR count). The molecule has 2 aliphatic rings. The Kier molecular flexibility index (Phi) is 6.53. The van der Waals surface area contributed by atoms with Gasteiger partial charge in [0.15, 0.2) is 0 Å². The highest BCUT2D eigenvalue weighted by atomic mass is 35.5. The van der Waals surface area contributed by atoms with E-state index in [1.807, 2.05) is 0 Å². The van der Waals surface area contributed by atoms with Gasteiger partial charge >= 0.3 is 0 Å². The highest BCUT2D eigenvalue weighted by Crippen LogP contribution is 2.24. The minimum absolute atomic E-state index is 0.170. The van der Waals surface area contributed by atoms with Crippen molar-refractivity contribution in [2.45, 2.75) is 12.5 Å². The first kappa shape index (κ1) is 18.5. The average molecular weight is 369 g/mol. The van der Waals surface area contributed by atoms with Gasteiger partial charge in [-0.05, 0) is 24.6 Å². The standard InChI is InChI=1S/C18H25ClN2O4/c1-23-17-3-2-14(19)10-15(17)18(22)20-11-16(13-4-7-25-12-13)21-5-8-24-9-6-21/h2-3,10,13,16H,4-9,11-12H2,1H3,(H,20,22). The van der Waals surface area contributed by atoms with Gasteiger partial charge in [0, 0.05) is 43.2 Å². The molecule has 1 aromatic rings. The normalized spacial score (nSPS) is 22.6. The van der Waals surface area contributed by atoms with Crippen LogP contribution in [0.4, 0.5) is 0 Å². The molecule has 7 heteroatoms. The van der Waals surface area contributed by atoms with Crippen molar-refractivity contribution in [1.82, 2.24) is 10.2 Å². The van der Waals surface area contributed by atoms with Crippen LogP contribution in [-0.4, -0.2) is 70.0 Å². The molecule has 2 saturated heterocycles. The largest absolute Gasteiger partial charge is 0.496 e. The van der Waals surface area contributed by atoms with E-state index in [0.29, 0.717) is 28.8 Å². The first-order valence-corrected chi connectivity index (χ1v) is 9.08. The molecule has 1 aromatic carbocycles. The van der Waals surface area contributed by atoms with Crippen LogP contribution in [-0.2, 0) is 9.47 Å². The third kappa shape index (κ3) is 4.64. The fourth-order valence-corrected chi connectivity index (χ4v) is 3.68. The molecule has 2 fully saturated rings. The number of ether oxygens (including phenoxy) is 3. The number of amides is 1. The first-order chi connectivity index (χ1) is 12.2. The van der Waals surface area contributed by atoms with Crippen LogP contribution in [0.15, 0.2) is 18.2 Å². The highest BCUT2D eigenvalue weighted by molar-refractivity contribution is 6.31. The third-order valence-corrected chi connectivity index (χ3v) is 5.14. The summed E-state index contributed by atoms with van der Waals surface area (Å²) in [6.07, 6.45) is 1.03. The number of methoxy groups -OCH3 is 1. The lowest BCUT2D eigenvalue weighted by atomic mass is 9.96. The van der Waals surface area contributed by atoms with Gasteiger partial charge in [0.1, 0.15) is 5.75 Å². The minimum Gasteiger partial charge on any atom is -0.496 e. The van der Waals surface area contributed by atoms with Crippen LogP contribution >= 0.6 is 11.6 Å². The molecular weight excluding hydrogens is 344 g/mol. The minimum atomic E-state index is -0.170. The Morgan fingerprint density at radius 1 is 1.36 bits per heavy atom. The topological polar surface area (TPSA) is 60.0 Å². The summed E-state index contributed by atoms with van der Waals surface area (Å²) in [7, 11) is 1.55. The second-order valence-electron chi connectivity index (χ2n) is 6.39. The summed E-state index contributed by atoms with van der Waals surface area (Å²) in [6.45, 7) is 5.36. The van der Waals surface area contributed by atoms with Gasteiger partial charge in [0.2, 0.25) is 0 Å². The van der Waals surface area contributed by atoms with Crippen LogP contribution in [0.1, 0.15) is 16.8 Å². The molecular formula is C18H25ClN2O4. The predicted octanol–water partition coefficient (Wildman–Crippen LogP) is 1.82. The van der Waals surface area contributed by atoms with Gasteiger partial charge in [0.25, 0.3) is 5.91 Å². The Morgan fingerprint density at radius 2 is 2.16 bits per heavy atom. The zero-order valence-corrected chi connectivity index (χ0v) is 15.3. The zero-order chi connectivity index (χ0) is 17.6. The maximum Gasteiger partial charge on any atom is 0.255 e. The monoisotopic (exact) mass is 368 g/mol. The molecule has 1 N–H and O–H groups in total. The van der Waals surface area contributed by atoms with Gasteiger partial charge in [-0.15, -0.1) is 0 Å². The molecule has 0 spiro atoms. The van der Waals surface area contributed by atoms with Crippen molar-refractivity contribution >= 4 is 17.5 Å². The smallest absolute Gasteiger partial charge is 0.255 e. The average Bonchev–Trinajstić information content (AvgIpc) is 3.17. The lowest BCUT2D eigenvalue weighted by Gasteiger charge is -2.37. The second-order valence-corrected chi connectivity index (χ2v) is 6.83. The fourth-order valence-electron chi connectivity index (χ4n) is 3.51. The van der Waals surface area contributed by atoms with Crippen LogP contribution in [0.2, 0.25) is 5.02 Å². The summed E-state index contributed by atoms with van der Waals surface area (Å²) in [5.41, 5.74) is 0.457. The van der Waals surface area contributed by atoms with E-state index in [1.165, 1.54) is 0 Å². The zero-order valence-electron chi connectivity index (χ0n) is 14.5. The van der Waals surface area contributed by atoms with Crippen LogP contribution in [0.5, 0.6) is 5.75 Å². The molecule has 2 heterocycles. The van der Waals surface area contributed by atoms with Crippen molar-refractivity contribution in [3.63, 3.8) is 0 Å². The fraction of sp³-hybridized carbons (Fsp3) is 0.611. The number of carbonyl (C=O) groups is 1. The SMILES string of the molecule is COc1ccc(Cl)cc1C(=O)NCC(C1CCOC1)N1CCOCC1. The second kappa shape index (κ2) is 8.85. The van der Waals surface area contributed by atoms with Crippen LogP contribution < -0.4 is 10.1 Å². The van der Waals surface area contributed by atoms with Crippen molar-refractivity contribution < 1.29 is 19.0 Å². The van der Waals surface area contributed by atoms with E-state index in [4.69, 9.17) is 25.8 Å². The number of benzene rings is 1. The lowest BCUT2D eigenvalue weighted by molar-refractivity contribution is 0.00166. The van der Waals surface area contributed by atoms with Crippen molar-refractivity contribution in [2.24, 2.45) is 5.92 Å². The summed E-state index contributed by atoms with van der Waals surface area (Å²) in [5.74, 6) is 0.783. The number of hydrogen-bond donors (Lipinski definition) is 1.